The Bertz CT molecular complexity index is 1010. The molecule has 5 aliphatic rings. The van der Waals surface area contributed by atoms with Crippen LogP contribution in [-0.2, 0) is 19.1 Å². The molecule has 3 saturated carbocycles. The number of carbonyl (C=O) groups excluding carboxylic acids is 2. The van der Waals surface area contributed by atoms with Gasteiger partial charge in [-0.15, -0.1) is 0 Å². The Kier molecular flexibility index (Phi) is 6.85. The van der Waals surface area contributed by atoms with E-state index in [-0.39, 0.29) is 29.0 Å². The van der Waals surface area contributed by atoms with Crippen molar-refractivity contribution in [1.29, 1.82) is 0 Å². The standard InChI is InChI=1S/C32H49NO4/c1-19(18-33-21(3)34)8-11-28-20(2)29-31(6)15-13-26-25(27(31)17-32(29,7)37-28)10-9-23-16-24(36-22(4)35)12-14-30(23,26)5/h9,19,24-27,29H,8,10-18H2,1-7H3,(H,33,34)/t19-,24-,25-,26-,27-,29+,30+,31+,32+/m1/s1. The lowest BCUT2D eigenvalue weighted by Crippen LogP contribution is -2.50. The average molecular weight is 512 g/mol. The van der Waals surface area contributed by atoms with Crippen LogP contribution in [0.15, 0.2) is 23.0 Å². The molecule has 4 aliphatic carbocycles. The first-order chi connectivity index (χ1) is 17.4. The fraction of sp³-hybridized carbons (Fsp3) is 0.812. The molecule has 0 saturated heterocycles. The Hall–Kier alpha value is -1.78. The molecular weight excluding hydrogens is 462 g/mol. The van der Waals surface area contributed by atoms with E-state index in [4.69, 9.17) is 9.47 Å². The highest BCUT2D eigenvalue weighted by atomic mass is 16.5. The molecule has 5 rings (SSSR count). The maximum absolute atomic E-state index is 11.6. The fourth-order valence-electron chi connectivity index (χ4n) is 9.93. The van der Waals surface area contributed by atoms with Crippen LogP contribution in [0.3, 0.4) is 0 Å². The van der Waals surface area contributed by atoms with E-state index in [1.807, 2.05) is 0 Å². The summed E-state index contributed by atoms with van der Waals surface area (Å²) in [6.45, 7) is 15.9. The van der Waals surface area contributed by atoms with Crippen LogP contribution in [0.1, 0.15) is 106 Å². The first kappa shape index (κ1) is 26.8. The van der Waals surface area contributed by atoms with Crippen LogP contribution < -0.4 is 5.32 Å². The van der Waals surface area contributed by atoms with Gasteiger partial charge in [0.25, 0.3) is 0 Å². The van der Waals surface area contributed by atoms with Crippen LogP contribution in [0.4, 0.5) is 0 Å². The molecule has 1 aliphatic heterocycles. The van der Waals surface area contributed by atoms with Crippen LogP contribution in [0.2, 0.25) is 0 Å². The van der Waals surface area contributed by atoms with Gasteiger partial charge in [0.15, 0.2) is 0 Å². The van der Waals surface area contributed by atoms with Gasteiger partial charge in [0.05, 0.1) is 5.76 Å². The SMILES string of the molecule is CC(=O)NC[C@H](C)CCC1=C(C)[C@H]2[C@@]3(C)CC[C@@H]4[C@@H](CC=C5C[C@H](OC(C)=O)CC[C@@]54C)[C@H]3C[C@]2(C)O1. The molecule has 5 heteroatoms. The van der Waals surface area contributed by atoms with Gasteiger partial charge in [0, 0.05) is 39.2 Å². The summed E-state index contributed by atoms with van der Waals surface area (Å²) in [5.41, 5.74) is 3.51. The molecule has 3 fully saturated rings. The van der Waals surface area contributed by atoms with Crippen molar-refractivity contribution in [2.24, 2.45) is 40.4 Å². The summed E-state index contributed by atoms with van der Waals surface area (Å²) in [5, 5.41) is 2.96. The Morgan fingerprint density at radius 3 is 2.62 bits per heavy atom. The zero-order chi connectivity index (χ0) is 26.8. The highest BCUT2D eigenvalue weighted by Gasteiger charge is 2.67. The summed E-state index contributed by atoms with van der Waals surface area (Å²) >= 11 is 0. The van der Waals surface area contributed by atoms with Crippen molar-refractivity contribution in [3.05, 3.63) is 23.0 Å². The normalized spacial score (nSPS) is 43.0. The summed E-state index contributed by atoms with van der Waals surface area (Å²) < 4.78 is 12.5. The lowest BCUT2D eigenvalue weighted by Gasteiger charge is -2.58. The monoisotopic (exact) mass is 511 g/mol. The van der Waals surface area contributed by atoms with E-state index in [0.717, 1.165) is 56.9 Å². The molecule has 1 amide bonds. The summed E-state index contributed by atoms with van der Waals surface area (Å²) in [7, 11) is 0. The van der Waals surface area contributed by atoms with Gasteiger partial charge >= 0.3 is 5.97 Å². The zero-order valence-corrected chi connectivity index (χ0v) is 24.2. The van der Waals surface area contributed by atoms with Gasteiger partial charge in [-0.1, -0.05) is 32.4 Å². The number of carbonyl (C=O) groups is 2. The Morgan fingerprint density at radius 2 is 1.92 bits per heavy atom. The van der Waals surface area contributed by atoms with Gasteiger partial charge in [-0.3, -0.25) is 9.59 Å². The predicted octanol–water partition coefficient (Wildman–Crippen LogP) is 6.72. The smallest absolute Gasteiger partial charge is 0.302 e. The van der Waals surface area contributed by atoms with Crippen molar-refractivity contribution < 1.29 is 19.1 Å². The van der Waals surface area contributed by atoms with E-state index in [1.54, 1.807) is 12.5 Å². The van der Waals surface area contributed by atoms with E-state index in [2.05, 4.69) is 46.0 Å². The third-order valence-corrected chi connectivity index (χ3v) is 11.5. The van der Waals surface area contributed by atoms with Crippen LogP contribution in [0, 0.1) is 40.4 Å². The van der Waals surface area contributed by atoms with Crippen molar-refractivity contribution in [2.45, 2.75) is 118 Å². The molecule has 0 aromatic heterocycles. The van der Waals surface area contributed by atoms with Gasteiger partial charge < -0.3 is 14.8 Å². The summed E-state index contributed by atoms with van der Waals surface area (Å²) in [4.78, 5) is 22.9. The number of hydrogen-bond acceptors (Lipinski definition) is 4. The van der Waals surface area contributed by atoms with Crippen molar-refractivity contribution in [3.8, 4) is 0 Å². The van der Waals surface area contributed by atoms with Crippen molar-refractivity contribution >= 4 is 11.9 Å². The van der Waals surface area contributed by atoms with Crippen LogP contribution in [-0.4, -0.2) is 30.1 Å². The number of amides is 1. The first-order valence-corrected chi connectivity index (χ1v) is 14.9. The maximum atomic E-state index is 11.6. The third-order valence-electron chi connectivity index (χ3n) is 11.5. The Balaban J connectivity index is 1.32. The summed E-state index contributed by atoms with van der Waals surface area (Å²) in [6.07, 6.45) is 12.6. The van der Waals surface area contributed by atoms with Crippen LogP contribution in [0.5, 0.6) is 0 Å². The fourth-order valence-corrected chi connectivity index (χ4v) is 9.93. The molecule has 0 aromatic carbocycles. The van der Waals surface area contributed by atoms with Gasteiger partial charge in [-0.2, -0.15) is 0 Å². The van der Waals surface area contributed by atoms with E-state index >= 15 is 0 Å². The van der Waals surface area contributed by atoms with Gasteiger partial charge in [0.2, 0.25) is 5.91 Å². The predicted molar refractivity (Wildman–Crippen MR) is 145 cm³/mol. The number of allylic oxidation sites excluding steroid dienone is 2. The molecule has 0 spiro atoms. The molecule has 0 unspecified atom stereocenters. The molecule has 0 aromatic rings. The lowest BCUT2D eigenvalue weighted by atomic mass is 9.47. The average Bonchev–Trinajstić information content (AvgIpc) is 3.22. The quantitative estimate of drug-likeness (QED) is 0.317. The minimum absolute atomic E-state index is 0.0481. The van der Waals surface area contributed by atoms with Gasteiger partial charge in [-0.25, -0.2) is 0 Å². The number of rotatable bonds is 6. The second kappa shape index (κ2) is 9.45. The van der Waals surface area contributed by atoms with Gasteiger partial charge in [0.1, 0.15) is 11.7 Å². The number of nitrogens with one attached hydrogen (secondary N) is 1. The van der Waals surface area contributed by atoms with Crippen molar-refractivity contribution in [3.63, 3.8) is 0 Å². The topological polar surface area (TPSA) is 64.6 Å². The second-order valence-corrected chi connectivity index (χ2v) is 14.0. The first-order valence-electron chi connectivity index (χ1n) is 14.9. The Morgan fingerprint density at radius 1 is 1.16 bits per heavy atom. The van der Waals surface area contributed by atoms with Crippen molar-refractivity contribution in [1.82, 2.24) is 5.32 Å². The van der Waals surface area contributed by atoms with Crippen LogP contribution in [0.25, 0.3) is 0 Å². The van der Waals surface area contributed by atoms with E-state index < -0.39 is 0 Å². The number of fused-ring (bicyclic) bond motifs is 7. The third kappa shape index (κ3) is 4.46. The number of ether oxygens (including phenoxy) is 2. The maximum Gasteiger partial charge on any atom is 0.302 e. The number of esters is 1. The second-order valence-electron chi connectivity index (χ2n) is 14.0. The van der Waals surface area contributed by atoms with E-state index in [9.17, 15) is 9.59 Å². The molecule has 1 heterocycles. The zero-order valence-electron chi connectivity index (χ0n) is 24.2. The number of hydrogen-bond donors (Lipinski definition) is 1. The summed E-state index contributed by atoms with van der Waals surface area (Å²) in [6, 6.07) is 0. The molecule has 206 valence electrons. The molecule has 5 nitrogen and oxygen atoms in total. The largest absolute Gasteiger partial charge is 0.491 e. The molecule has 37 heavy (non-hydrogen) atoms. The van der Waals surface area contributed by atoms with Crippen LogP contribution >= 0.6 is 0 Å². The molecular formula is C32H49NO4. The summed E-state index contributed by atoms with van der Waals surface area (Å²) in [5.74, 6) is 4.22. The van der Waals surface area contributed by atoms with E-state index in [1.165, 1.54) is 37.5 Å². The van der Waals surface area contributed by atoms with Crippen molar-refractivity contribution in [2.75, 3.05) is 6.54 Å². The van der Waals surface area contributed by atoms with E-state index in [0.29, 0.717) is 23.2 Å². The molecule has 1 N–H and O–H groups in total. The minimum atomic E-state index is -0.146. The minimum Gasteiger partial charge on any atom is -0.491 e. The highest BCUT2D eigenvalue weighted by molar-refractivity contribution is 5.72. The lowest BCUT2D eigenvalue weighted by molar-refractivity contribution is -0.148. The molecule has 0 radical (unpaired) electrons. The Labute approximate surface area is 224 Å². The molecule has 0 bridgehead atoms. The highest BCUT2D eigenvalue weighted by Crippen LogP contribution is 2.71. The van der Waals surface area contributed by atoms with Gasteiger partial charge in [-0.05, 0) is 98.9 Å². The molecule has 9 atom stereocenters.